The van der Waals surface area contributed by atoms with Crippen molar-refractivity contribution < 1.29 is 28.7 Å². The fourth-order valence-electron chi connectivity index (χ4n) is 5.52. The van der Waals surface area contributed by atoms with Crippen LogP contribution in [0.2, 0.25) is 0 Å². The quantitative estimate of drug-likeness (QED) is 0.372. The number of fused-ring (bicyclic) bond motifs is 6. The van der Waals surface area contributed by atoms with Gasteiger partial charge in [0.2, 0.25) is 11.8 Å². The molecule has 32 heavy (non-hydrogen) atoms. The topological polar surface area (TPSA) is 136 Å². The maximum Gasteiger partial charge on any atom is 0.326 e. The van der Waals surface area contributed by atoms with Crippen molar-refractivity contribution in [2.75, 3.05) is 18.5 Å². The Bertz CT molecular complexity index is 1050. The summed E-state index contributed by atoms with van der Waals surface area (Å²) in [5.41, 5.74) is 6.73. The number of imide groups is 1. The monoisotopic (exact) mass is 457 g/mol. The van der Waals surface area contributed by atoms with Crippen LogP contribution < -0.4 is 11.1 Å². The molecule has 0 spiro atoms. The number of carbonyl (C=O) groups is 5. The molecule has 1 aromatic rings. The van der Waals surface area contributed by atoms with Gasteiger partial charge < -0.3 is 15.8 Å². The Hall–Kier alpha value is -3.01. The van der Waals surface area contributed by atoms with Crippen molar-refractivity contribution in [2.45, 2.75) is 32.1 Å². The van der Waals surface area contributed by atoms with Crippen LogP contribution in [-0.2, 0) is 36.8 Å². The first-order valence-corrected chi connectivity index (χ1v) is 11.6. The number of hydrogen-bond acceptors (Lipinski definition) is 7. The lowest BCUT2D eigenvalue weighted by Gasteiger charge is -2.16. The number of hydrogen-bond donors (Lipinski definition) is 2. The number of thiophene rings is 1. The van der Waals surface area contributed by atoms with Crippen LogP contribution in [0.3, 0.4) is 0 Å². The average Bonchev–Trinajstić information content (AvgIpc) is 3.50. The molecule has 3 aliphatic carbocycles. The minimum absolute atomic E-state index is 0.0596. The molecule has 4 aliphatic rings. The van der Waals surface area contributed by atoms with Gasteiger partial charge in [-0.25, -0.2) is 0 Å². The van der Waals surface area contributed by atoms with E-state index in [0.717, 1.165) is 47.4 Å². The summed E-state index contributed by atoms with van der Waals surface area (Å²) in [4.78, 5) is 63.8. The number of anilines is 1. The average molecular weight is 458 g/mol. The maximum absolute atomic E-state index is 12.6. The van der Waals surface area contributed by atoms with Gasteiger partial charge in [0, 0.05) is 4.88 Å². The SMILES string of the molecule is NC(=O)c1c(NC(=O)COC(=O)CN2C(=O)[C@@H]3[C@@H](C2=O)[C@H]2C=C[C@H]3C2)sc2c1CCCC2. The summed E-state index contributed by atoms with van der Waals surface area (Å²) in [5.74, 6) is -3.37. The highest BCUT2D eigenvalue weighted by atomic mass is 32.1. The lowest BCUT2D eigenvalue weighted by molar-refractivity contribution is -0.154. The van der Waals surface area contributed by atoms with Crippen LogP contribution in [0.4, 0.5) is 5.00 Å². The summed E-state index contributed by atoms with van der Waals surface area (Å²) in [6.45, 7) is -1.09. The van der Waals surface area contributed by atoms with Gasteiger partial charge in [0.05, 0.1) is 17.4 Å². The van der Waals surface area contributed by atoms with Crippen molar-refractivity contribution in [2.24, 2.45) is 29.4 Å². The third-order valence-electron chi connectivity index (χ3n) is 6.88. The predicted octanol–water partition coefficient (Wildman–Crippen LogP) is 1.01. The first-order valence-electron chi connectivity index (χ1n) is 10.8. The molecule has 0 radical (unpaired) electrons. The molecule has 0 unspecified atom stereocenters. The second-order valence-electron chi connectivity index (χ2n) is 8.75. The summed E-state index contributed by atoms with van der Waals surface area (Å²) in [7, 11) is 0. The van der Waals surface area contributed by atoms with Crippen molar-refractivity contribution in [3.8, 4) is 0 Å². The Balaban J connectivity index is 1.17. The van der Waals surface area contributed by atoms with E-state index in [9.17, 15) is 24.0 Å². The van der Waals surface area contributed by atoms with Crippen molar-refractivity contribution >= 4 is 45.9 Å². The van der Waals surface area contributed by atoms with Crippen LogP contribution in [0.25, 0.3) is 0 Å². The molecular formula is C22H23N3O6S. The number of nitrogens with zero attached hydrogens (tertiary/aromatic N) is 1. The third kappa shape index (κ3) is 3.33. The second kappa shape index (κ2) is 7.84. The molecule has 2 heterocycles. The molecule has 1 saturated carbocycles. The molecule has 1 aliphatic heterocycles. The third-order valence-corrected chi connectivity index (χ3v) is 8.09. The van der Waals surface area contributed by atoms with E-state index in [1.54, 1.807) is 0 Å². The van der Waals surface area contributed by atoms with Crippen molar-refractivity contribution in [1.29, 1.82) is 0 Å². The van der Waals surface area contributed by atoms with E-state index in [1.165, 1.54) is 11.3 Å². The largest absolute Gasteiger partial charge is 0.454 e. The van der Waals surface area contributed by atoms with Gasteiger partial charge in [-0.2, -0.15) is 0 Å². The minimum atomic E-state index is -0.831. The molecule has 4 atom stereocenters. The fraction of sp³-hybridized carbons (Fsp3) is 0.500. The smallest absolute Gasteiger partial charge is 0.326 e. The number of ether oxygens (including phenoxy) is 1. The van der Waals surface area contributed by atoms with Gasteiger partial charge in [-0.05, 0) is 49.5 Å². The van der Waals surface area contributed by atoms with Crippen LogP contribution >= 0.6 is 11.3 Å². The number of aryl methyl sites for hydroxylation is 1. The number of likely N-dealkylation sites (tertiary alicyclic amines) is 1. The van der Waals surface area contributed by atoms with Gasteiger partial charge in [0.25, 0.3) is 11.8 Å². The van der Waals surface area contributed by atoms with Gasteiger partial charge in [-0.1, -0.05) is 12.2 Å². The van der Waals surface area contributed by atoms with Crippen LogP contribution in [0, 0.1) is 23.7 Å². The van der Waals surface area contributed by atoms with Crippen LogP contribution in [-0.4, -0.2) is 47.6 Å². The molecule has 9 nitrogen and oxygen atoms in total. The van der Waals surface area contributed by atoms with E-state index in [4.69, 9.17) is 10.5 Å². The summed E-state index contributed by atoms with van der Waals surface area (Å²) < 4.78 is 5.00. The molecule has 0 aromatic carbocycles. The maximum atomic E-state index is 12.6. The molecule has 5 rings (SSSR count). The minimum Gasteiger partial charge on any atom is -0.454 e. The van der Waals surface area contributed by atoms with E-state index in [2.05, 4.69) is 5.32 Å². The summed E-state index contributed by atoms with van der Waals surface area (Å²) in [6, 6.07) is 0. The first kappa shape index (κ1) is 20.9. The van der Waals surface area contributed by atoms with Gasteiger partial charge >= 0.3 is 5.97 Å². The number of amides is 4. The zero-order valence-electron chi connectivity index (χ0n) is 17.3. The number of nitrogens with one attached hydrogen (secondary N) is 1. The van der Waals surface area contributed by atoms with E-state index < -0.39 is 30.9 Å². The van der Waals surface area contributed by atoms with Crippen molar-refractivity contribution in [3.05, 3.63) is 28.2 Å². The first-order chi connectivity index (χ1) is 15.3. The van der Waals surface area contributed by atoms with Crippen LogP contribution in [0.5, 0.6) is 0 Å². The summed E-state index contributed by atoms with van der Waals surface area (Å²) in [5, 5.41) is 2.98. The Kier molecular flexibility index (Phi) is 5.11. The lowest BCUT2D eigenvalue weighted by atomic mass is 9.85. The zero-order valence-corrected chi connectivity index (χ0v) is 18.1. The number of carbonyl (C=O) groups excluding carboxylic acids is 5. The molecule has 1 saturated heterocycles. The number of rotatable bonds is 6. The highest BCUT2D eigenvalue weighted by molar-refractivity contribution is 7.17. The molecule has 168 valence electrons. The molecule has 3 N–H and O–H groups in total. The Morgan fingerprint density at radius 1 is 1.09 bits per heavy atom. The standard InChI is InChI=1S/C22H23N3O6S/c23-19(28)18-12-3-1-2-4-13(12)32-20(18)24-14(26)9-31-15(27)8-25-21(29)16-10-5-6-11(7-10)17(16)22(25)30/h5-6,10-11,16-17H,1-4,7-9H2,(H2,23,28)(H,24,26)/t10-,11-,16-,17-/m0/s1. The lowest BCUT2D eigenvalue weighted by Crippen LogP contribution is -2.38. The number of esters is 1. The number of primary amides is 1. The Morgan fingerprint density at radius 3 is 2.41 bits per heavy atom. The molecule has 2 bridgehead atoms. The van der Waals surface area contributed by atoms with Gasteiger partial charge in [-0.15, -0.1) is 11.3 Å². The summed E-state index contributed by atoms with van der Waals surface area (Å²) in [6.07, 6.45) is 8.32. The van der Waals surface area contributed by atoms with E-state index >= 15 is 0 Å². The zero-order chi connectivity index (χ0) is 22.6. The van der Waals surface area contributed by atoms with Gasteiger partial charge in [0.15, 0.2) is 6.61 Å². The molecule has 2 fully saturated rings. The molecular weight excluding hydrogens is 434 g/mol. The normalized spacial score (nSPS) is 27.4. The fourth-order valence-corrected chi connectivity index (χ4v) is 6.83. The van der Waals surface area contributed by atoms with E-state index in [1.807, 2.05) is 12.2 Å². The van der Waals surface area contributed by atoms with E-state index in [-0.39, 0.29) is 35.5 Å². The highest BCUT2D eigenvalue weighted by Crippen LogP contribution is 2.52. The van der Waals surface area contributed by atoms with Crippen LogP contribution in [0.1, 0.15) is 40.1 Å². The Morgan fingerprint density at radius 2 is 1.75 bits per heavy atom. The number of nitrogens with two attached hydrogens (primary N) is 1. The van der Waals surface area contributed by atoms with Crippen LogP contribution in [0.15, 0.2) is 12.2 Å². The Labute approximate surface area is 187 Å². The molecule has 10 heteroatoms. The highest BCUT2D eigenvalue weighted by Gasteiger charge is 2.59. The number of allylic oxidation sites excluding steroid dienone is 2. The predicted molar refractivity (Wildman–Crippen MR) is 114 cm³/mol. The van der Waals surface area contributed by atoms with Gasteiger partial charge in [-0.3, -0.25) is 28.9 Å². The van der Waals surface area contributed by atoms with Gasteiger partial charge in [0.1, 0.15) is 11.5 Å². The molecule has 4 amide bonds. The van der Waals surface area contributed by atoms with Crippen molar-refractivity contribution in [1.82, 2.24) is 4.90 Å². The second-order valence-corrected chi connectivity index (χ2v) is 9.86. The summed E-state index contributed by atoms with van der Waals surface area (Å²) >= 11 is 1.32. The van der Waals surface area contributed by atoms with Crippen molar-refractivity contribution in [3.63, 3.8) is 0 Å². The van der Waals surface area contributed by atoms with E-state index in [0.29, 0.717) is 10.6 Å². The molecule has 1 aromatic heterocycles.